The molecule has 4 N–H and O–H groups in total. The fourth-order valence-electron chi connectivity index (χ4n) is 1.62. The molecule has 11 heteroatoms. The highest BCUT2D eigenvalue weighted by Gasteiger charge is 2.36. The summed E-state index contributed by atoms with van der Waals surface area (Å²) in [5.74, 6) is -0.932. The molecule has 0 aliphatic heterocycles. The van der Waals surface area contributed by atoms with Crippen LogP contribution in [0, 0.1) is 5.41 Å². The van der Waals surface area contributed by atoms with E-state index in [0.717, 1.165) is 10.6 Å². The molecule has 1 heterocycles. The lowest BCUT2D eigenvalue weighted by Gasteiger charge is -2.20. The summed E-state index contributed by atoms with van der Waals surface area (Å²) in [6.45, 7) is -0.276. The Labute approximate surface area is 131 Å². The van der Waals surface area contributed by atoms with Gasteiger partial charge in [-0.3, -0.25) is 14.7 Å². The molecule has 0 unspecified atom stereocenters. The largest absolute Gasteiger partial charge is 0.421 e. The van der Waals surface area contributed by atoms with Gasteiger partial charge in [0.1, 0.15) is 11.4 Å². The number of amidine groups is 1. The third-order valence-electron chi connectivity index (χ3n) is 2.88. The van der Waals surface area contributed by atoms with E-state index in [1.54, 1.807) is 0 Å². The van der Waals surface area contributed by atoms with Crippen molar-refractivity contribution in [2.75, 3.05) is 17.6 Å². The molecule has 1 aromatic rings. The van der Waals surface area contributed by atoms with Gasteiger partial charge in [0, 0.05) is 19.4 Å². The predicted molar refractivity (Wildman–Crippen MR) is 80.4 cm³/mol. The summed E-state index contributed by atoms with van der Waals surface area (Å²) in [6, 6.07) is 2.95. The summed E-state index contributed by atoms with van der Waals surface area (Å²) in [5.41, 5.74) is 3.94. The van der Waals surface area contributed by atoms with Crippen molar-refractivity contribution < 1.29 is 21.6 Å². The molecule has 1 rings (SSSR count). The highest BCUT2D eigenvalue weighted by molar-refractivity contribution is 7.92. The second kappa shape index (κ2) is 6.86. The van der Waals surface area contributed by atoms with Crippen LogP contribution in [0.5, 0.6) is 0 Å². The van der Waals surface area contributed by atoms with Crippen LogP contribution in [0.2, 0.25) is 0 Å². The van der Waals surface area contributed by atoms with E-state index in [0.29, 0.717) is 0 Å². The number of alkyl halides is 3. The lowest BCUT2D eigenvalue weighted by atomic mass is 10.2. The number of nitrogens with one attached hydrogen (secondary N) is 2. The van der Waals surface area contributed by atoms with Gasteiger partial charge >= 0.3 is 6.18 Å². The molecule has 0 radical (unpaired) electrons. The molecule has 0 bridgehead atoms. The Morgan fingerprint density at radius 3 is 2.61 bits per heavy atom. The minimum Gasteiger partial charge on any atom is -0.404 e. The minimum atomic E-state index is -4.77. The third-order valence-corrected chi connectivity index (χ3v) is 4.07. The van der Waals surface area contributed by atoms with Gasteiger partial charge in [0.05, 0.1) is 24.2 Å². The molecule has 0 saturated carbocycles. The van der Waals surface area contributed by atoms with Gasteiger partial charge in [-0.2, -0.15) is 13.2 Å². The maximum atomic E-state index is 12.6. The molecule has 23 heavy (non-hydrogen) atoms. The lowest BCUT2D eigenvalue weighted by Crippen LogP contribution is -2.33. The normalized spacial score (nSPS) is 12.8. The zero-order valence-electron chi connectivity index (χ0n) is 12.3. The quantitative estimate of drug-likeness (QED) is 0.540. The van der Waals surface area contributed by atoms with Gasteiger partial charge in [-0.1, -0.05) is 0 Å². The molecule has 1 aromatic heterocycles. The van der Waals surface area contributed by atoms with Crippen molar-refractivity contribution in [3.63, 3.8) is 0 Å². The summed E-state index contributed by atoms with van der Waals surface area (Å²) in [5, 5.41) is 9.65. The highest BCUT2D eigenvalue weighted by atomic mass is 32.2. The first-order chi connectivity index (χ1) is 10.5. The summed E-state index contributed by atoms with van der Waals surface area (Å²) in [6.07, 6.45) is -2.13. The Hall–Kier alpha value is -2.30. The number of anilines is 1. The second-order valence-corrected chi connectivity index (χ2v) is 6.52. The first-order valence-corrected chi connectivity index (χ1v) is 8.03. The van der Waals surface area contributed by atoms with Crippen LogP contribution in [0.1, 0.15) is 5.69 Å². The summed E-state index contributed by atoms with van der Waals surface area (Å²) in [7, 11) is -2.27. The zero-order valence-corrected chi connectivity index (χ0v) is 13.2. The van der Waals surface area contributed by atoms with Crippen molar-refractivity contribution >= 4 is 21.5 Å². The number of hydrogen-bond acceptors (Lipinski definition) is 5. The van der Waals surface area contributed by atoms with E-state index in [4.69, 9.17) is 11.1 Å². The molecular weight excluding hydrogens is 335 g/mol. The van der Waals surface area contributed by atoms with E-state index in [-0.39, 0.29) is 24.1 Å². The Morgan fingerprint density at radius 2 is 2.13 bits per heavy atom. The molecule has 7 nitrogen and oxygen atoms in total. The van der Waals surface area contributed by atoms with Gasteiger partial charge in [0.25, 0.3) is 0 Å². The van der Waals surface area contributed by atoms with Crippen molar-refractivity contribution in [2.24, 2.45) is 5.73 Å². The predicted octanol–water partition coefficient (Wildman–Crippen LogP) is 0.949. The van der Waals surface area contributed by atoms with E-state index in [9.17, 15) is 21.6 Å². The van der Waals surface area contributed by atoms with E-state index < -0.39 is 27.6 Å². The first kappa shape index (κ1) is 18.7. The van der Waals surface area contributed by atoms with Gasteiger partial charge in [-0.25, -0.2) is 8.42 Å². The number of halogens is 3. The molecule has 0 atom stereocenters. The van der Waals surface area contributed by atoms with Crippen LogP contribution in [0.15, 0.2) is 30.1 Å². The van der Waals surface area contributed by atoms with E-state index >= 15 is 0 Å². The topological polar surface area (TPSA) is 112 Å². The number of nitrogens with two attached hydrogens (primary N) is 1. The average molecular weight is 351 g/mol. The van der Waals surface area contributed by atoms with Crippen molar-refractivity contribution in [1.29, 1.82) is 5.41 Å². The lowest BCUT2D eigenvalue weighted by molar-refractivity contribution is -0.0865. The maximum Gasteiger partial charge on any atom is 0.421 e. The molecule has 0 spiro atoms. The number of aromatic nitrogens is 1. The van der Waals surface area contributed by atoms with E-state index in [2.05, 4.69) is 10.3 Å². The van der Waals surface area contributed by atoms with Crippen LogP contribution in [-0.4, -0.2) is 38.7 Å². The molecule has 0 aliphatic carbocycles. The Bertz CT molecular complexity index is 716. The highest BCUT2D eigenvalue weighted by Crippen LogP contribution is 2.25. The Balaban J connectivity index is 2.98. The average Bonchev–Trinajstić information content (AvgIpc) is 2.42. The number of hydrogen-bond donors (Lipinski definition) is 3. The molecule has 0 amide bonds. The fourth-order valence-corrected chi connectivity index (χ4v) is 2.14. The summed E-state index contributed by atoms with van der Waals surface area (Å²) >= 11 is 0. The van der Waals surface area contributed by atoms with Crippen LogP contribution in [-0.2, 0) is 16.6 Å². The molecule has 0 fully saturated rings. The molecule has 0 saturated heterocycles. The van der Waals surface area contributed by atoms with Gasteiger partial charge in [-0.05, 0) is 12.1 Å². The number of sulfonamides is 1. The second-order valence-electron chi connectivity index (χ2n) is 4.51. The van der Waals surface area contributed by atoms with Crippen LogP contribution in [0.3, 0.4) is 0 Å². The van der Waals surface area contributed by atoms with Gasteiger partial charge in [-0.15, -0.1) is 0 Å². The van der Waals surface area contributed by atoms with Crippen molar-refractivity contribution in [2.45, 2.75) is 12.7 Å². The van der Waals surface area contributed by atoms with Crippen molar-refractivity contribution in [3.05, 3.63) is 35.8 Å². The van der Waals surface area contributed by atoms with Crippen LogP contribution in [0.4, 0.5) is 18.9 Å². The number of nitrogens with zero attached hydrogens (tertiary/aromatic N) is 2. The van der Waals surface area contributed by atoms with E-state index in [1.165, 1.54) is 25.4 Å². The fraction of sp³-hybridized carbons (Fsp3) is 0.333. The molecule has 0 aliphatic rings. The molecule has 128 valence electrons. The van der Waals surface area contributed by atoms with Crippen LogP contribution in [0.25, 0.3) is 0 Å². The van der Waals surface area contributed by atoms with E-state index in [1.807, 2.05) is 0 Å². The van der Waals surface area contributed by atoms with Crippen molar-refractivity contribution in [1.82, 2.24) is 10.3 Å². The van der Waals surface area contributed by atoms with Crippen molar-refractivity contribution in [3.8, 4) is 0 Å². The minimum absolute atomic E-state index is 0.170. The standard InChI is InChI=1S/C12H16F3N5O2S/c1-20(23(2,21)22)10-4-3-5-18-9(10)7-19-11(17)8(6-16)12(13,14)15/h3-6H,7,16H2,1-2H3,(H2,17,19)/b8-6+. The number of pyridine rings is 1. The summed E-state index contributed by atoms with van der Waals surface area (Å²) < 4.78 is 62.0. The monoisotopic (exact) mass is 351 g/mol. The van der Waals surface area contributed by atoms with Gasteiger partial charge in [0.2, 0.25) is 10.0 Å². The van der Waals surface area contributed by atoms with Gasteiger partial charge < -0.3 is 11.1 Å². The van der Waals surface area contributed by atoms with Crippen LogP contribution < -0.4 is 15.4 Å². The molecular formula is C12H16F3N5O2S. The number of rotatable bonds is 5. The smallest absolute Gasteiger partial charge is 0.404 e. The Kier molecular flexibility index (Phi) is 5.59. The SMILES string of the molecule is CN(c1cccnc1CNC(=N)/C(=C\N)C(F)(F)F)S(C)(=O)=O. The van der Waals surface area contributed by atoms with Gasteiger partial charge in [0.15, 0.2) is 0 Å². The third kappa shape index (κ3) is 4.84. The molecule has 0 aromatic carbocycles. The Morgan fingerprint density at radius 1 is 1.52 bits per heavy atom. The first-order valence-electron chi connectivity index (χ1n) is 6.18. The van der Waals surface area contributed by atoms with Crippen LogP contribution >= 0.6 is 0 Å². The zero-order chi connectivity index (χ0) is 17.8. The maximum absolute atomic E-state index is 12.6. The summed E-state index contributed by atoms with van der Waals surface area (Å²) in [4.78, 5) is 3.94.